The molecule has 0 aliphatic carbocycles. The van der Waals surface area contributed by atoms with E-state index in [-0.39, 0.29) is 5.56 Å². The first-order valence-electron chi connectivity index (χ1n) is 2.62. The maximum Gasteiger partial charge on any atom is 0.339 e. The third-order valence-electron chi connectivity index (χ3n) is 1.11. The van der Waals surface area contributed by atoms with Gasteiger partial charge in [-0.15, -0.1) is 0 Å². The average molecular weight is 158 g/mol. The Morgan fingerprint density at radius 1 is 1.90 bits per heavy atom. The fourth-order valence-electron chi connectivity index (χ4n) is 0.618. The average Bonchev–Trinajstić information content (AvgIpc) is 2.33. The number of hydrogen-bond donors (Lipinski definition) is 3. The van der Waals surface area contributed by atoms with Crippen LogP contribution in [-0.4, -0.2) is 21.3 Å². The Balaban J connectivity index is 3.01. The molecule has 54 valence electrons. The van der Waals surface area contributed by atoms with Crippen LogP contribution in [0.1, 0.15) is 16.1 Å². The van der Waals surface area contributed by atoms with Crippen LogP contribution < -0.4 is 0 Å². The molecule has 5 heteroatoms. The van der Waals surface area contributed by atoms with Crippen LogP contribution in [0.2, 0.25) is 0 Å². The van der Waals surface area contributed by atoms with Crippen molar-refractivity contribution in [3.8, 4) is 0 Å². The van der Waals surface area contributed by atoms with Crippen LogP contribution >= 0.6 is 12.6 Å². The molecule has 0 aliphatic heterocycles. The van der Waals surface area contributed by atoms with E-state index in [1.165, 1.54) is 6.20 Å². The molecule has 1 aromatic heterocycles. The van der Waals surface area contributed by atoms with Crippen molar-refractivity contribution in [3.63, 3.8) is 0 Å². The lowest BCUT2D eigenvalue weighted by atomic mass is 10.3. The number of thiol groups is 1. The van der Waals surface area contributed by atoms with E-state index < -0.39 is 5.97 Å². The summed E-state index contributed by atoms with van der Waals surface area (Å²) in [7, 11) is 0. The third-order valence-corrected chi connectivity index (χ3v) is 1.42. The molecule has 0 aliphatic rings. The Bertz CT molecular complexity index is 246. The van der Waals surface area contributed by atoms with E-state index in [1.807, 2.05) is 0 Å². The van der Waals surface area contributed by atoms with Crippen LogP contribution in [0.25, 0.3) is 0 Å². The lowest BCUT2D eigenvalue weighted by Crippen LogP contribution is -1.97. The molecule has 1 heterocycles. The fourth-order valence-corrected chi connectivity index (χ4v) is 0.859. The van der Waals surface area contributed by atoms with Crippen molar-refractivity contribution in [2.45, 2.75) is 5.75 Å². The Labute approximate surface area is 62.7 Å². The van der Waals surface area contributed by atoms with Crippen LogP contribution in [0.4, 0.5) is 0 Å². The number of H-pyrrole nitrogens is 1. The molecule has 0 spiro atoms. The van der Waals surface area contributed by atoms with E-state index in [0.717, 1.165) is 0 Å². The van der Waals surface area contributed by atoms with Crippen LogP contribution in [0, 0.1) is 0 Å². The molecule has 2 N–H and O–H groups in total. The lowest BCUT2D eigenvalue weighted by molar-refractivity contribution is 0.0696. The van der Waals surface area contributed by atoms with Crippen molar-refractivity contribution in [1.82, 2.24) is 10.2 Å². The van der Waals surface area contributed by atoms with E-state index in [1.54, 1.807) is 0 Å². The Kier molecular flexibility index (Phi) is 1.96. The molecule has 1 rings (SSSR count). The summed E-state index contributed by atoms with van der Waals surface area (Å²) in [5, 5.41) is 14.6. The van der Waals surface area contributed by atoms with Gasteiger partial charge in [-0.25, -0.2) is 4.79 Å². The topological polar surface area (TPSA) is 66.0 Å². The van der Waals surface area contributed by atoms with Crippen LogP contribution in [0.5, 0.6) is 0 Å². The summed E-state index contributed by atoms with van der Waals surface area (Å²) >= 11 is 3.91. The molecule has 4 nitrogen and oxygen atoms in total. The van der Waals surface area contributed by atoms with Gasteiger partial charge in [0.15, 0.2) is 0 Å². The van der Waals surface area contributed by atoms with Crippen molar-refractivity contribution >= 4 is 18.6 Å². The van der Waals surface area contributed by atoms with Crippen molar-refractivity contribution in [1.29, 1.82) is 0 Å². The van der Waals surface area contributed by atoms with Gasteiger partial charge in [0, 0.05) is 5.75 Å². The van der Waals surface area contributed by atoms with E-state index in [0.29, 0.717) is 11.4 Å². The van der Waals surface area contributed by atoms with Crippen molar-refractivity contribution in [2.24, 2.45) is 0 Å². The van der Waals surface area contributed by atoms with E-state index in [2.05, 4.69) is 22.8 Å². The summed E-state index contributed by atoms with van der Waals surface area (Å²) in [5.74, 6) is -0.612. The highest BCUT2D eigenvalue weighted by Gasteiger charge is 2.09. The molecule has 0 fully saturated rings. The molecule has 1 aromatic rings. The molecule has 0 saturated heterocycles. The monoisotopic (exact) mass is 158 g/mol. The fraction of sp³-hybridized carbons (Fsp3) is 0.200. The highest BCUT2D eigenvalue weighted by molar-refractivity contribution is 7.79. The summed E-state index contributed by atoms with van der Waals surface area (Å²) in [6, 6.07) is 0. The SMILES string of the molecule is O=C(O)c1cn[nH]c1CS. The van der Waals surface area contributed by atoms with Gasteiger partial charge in [0.1, 0.15) is 5.56 Å². The quantitative estimate of drug-likeness (QED) is 0.550. The number of aromatic carboxylic acids is 1. The highest BCUT2D eigenvalue weighted by atomic mass is 32.1. The standard InChI is InChI=1S/C5H6N2O2S/c8-5(9)3-1-6-7-4(3)2-10/h1,10H,2H2,(H,6,7)(H,8,9). The molecule has 10 heavy (non-hydrogen) atoms. The van der Waals surface area contributed by atoms with Gasteiger partial charge in [0.05, 0.1) is 11.9 Å². The zero-order valence-corrected chi connectivity index (χ0v) is 5.93. The summed E-state index contributed by atoms with van der Waals surface area (Å²) in [6.45, 7) is 0. The predicted molar refractivity (Wildman–Crippen MR) is 38.2 cm³/mol. The minimum absolute atomic E-state index is 0.190. The van der Waals surface area contributed by atoms with E-state index in [4.69, 9.17) is 5.11 Å². The predicted octanol–water partition coefficient (Wildman–Crippen LogP) is 0.538. The zero-order valence-electron chi connectivity index (χ0n) is 5.03. The number of aromatic nitrogens is 2. The molecule has 0 saturated carbocycles. The maximum absolute atomic E-state index is 10.3. The third kappa shape index (κ3) is 1.13. The minimum Gasteiger partial charge on any atom is -0.478 e. The minimum atomic E-state index is -0.974. The summed E-state index contributed by atoms with van der Waals surface area (Å²) < 4.78 is 0. The van der Waals surface area contributed by atoms with Gasteiger partial charge in [-0.05, 0) is 0 Å². The zero-order chi connectivity index (χ0) is 7.56. The molecular weight excluding hydrogens is 152 g/mol. The second kappa shape index (κ2) is 2.74. The van der Waals surface area contributed by atoms with Crippen LogP contribution in [-0.2, 0) is 5.75 Å². The largest absolute Gasteiger partial charge is 0.478 e. The number of carboxylic acids is 1. The van der Waals surface area contributed by atoms with Gasteiger partial charge in [-0.1, -0.05) is 0 Å². The number of nitrogens with one attached hydrogen (secondary N) is 1. The van der Waals surface area contributed by atoms with Crippen molar-refractivity contribution in [3.05, 3.63) is 17.5 Å². The number of hydrogen-bond acceptors (Lipinski definition) is 3. The molecule has 0 amide bonds. The first-order valence-corrected chi connectivity index (χ1v) is 3.25. The number of aromatic amines is 1. The van der Waals surface area contributed by atoms with Gasteiger partial charge in [0.25, 0.3) is 0 Å². The Morgan fingerprint density at radius 3 is 3.00 bits per heavy atom. The second-order valence-electron chi connectivity index (χ2n) is 1.73. The molecular formula is C5H6N2O2S. The number of carbonyl (C=O) groups is 1. The highest BCUT2D eigenvalue weighted by Crippen LogP contribution is 2.05. The molecule has 0 atom stereocenters. The maximum atomic E-state index is 10.3. The second-order valence-corrected chi connectivity index (χ2v) is 2.04. The molecule has 0 unspecified atom stereocenters. The van der Waals surface area contributed by atoms with Gasteiger partial charge in [-0.3, -0.25) is 5.10 Å². The van der Waals surface area contributed by atoms with Crippen molar-refractivity contribution < 1.29 is 9.90 Å². The lowest BCUT2D eigenvalue weighted by Gasteiger charge is -1.89. The molecule has 0 radical (unpaired) electrons. The molecule has 0 bridgehead atoms. The van der Waals surface area contributed by atoms with Gasteiger partial charge >= 0.3 is 5.97 Å². The summed E-state index contributed by atoms with van der Waals surface area (Å²) in [5.41, 5.74) is 0.728. The Hall–Kier alpha value is -0.970. The number of carboxylic acid groups (broad SMARTS) is 1. The van der Waals surface area contributed by atoms with Crippen LogP contribution in [0.15, 0.2) is 6.20 Å². The van der Waals surface area contributed by atoms with Gasteiger partial charge < -0.3 is 5.11 Å². The number of rotatable bonds is 2. The van der Waals surface area contributed by atoms with E-state index in [9.17, 15) is 4.79 Å². The first-order chi connectivity index (χ1) is 4.75. The normalized spacial score (nSPS) is 9.70. The van der Waals surface area contributed by atoms with E-state index >= 15 is 0 Å². The molecule has 0 aromatic carbocycles. The Morgan fingerprint density at radius 2 is 2.60 bits per heavy atom. The smallest absolute Gasteiger partial charge is 0.339 e. The van der Waals surface area contributed by atoms with Gasteiger partial charge in [0.2, 0.25) is 0 Å². The van der Waals surface area contributed by atoms with Crippen molar-refractivity contribution in [2.75, 3.05) is 0 Å². The van der Waals surface area contributed by atoms with Gasteiger partial charge in [-0.2, -0.15) is 17.7 Å². The van der Waals surface area contributed by atoms with Crippen LogP contribution in [0.3, 0.4) is 0 Å². The number of nitrogens with zero attached hydrogens (tertiary/aromatic N) is 1. The summed E-state index contributed by atoms with van der Waals surface area (Å²) in [4.78, 5) is 10.3. The first kappa shape index (κ1) is 7.14. The summed E-state index contributed by atoms with van der Waals surface area (Å²) in [6.07, 6.45) is 1.27.